The lowest BCUT2D eigenvalue weighted by molar-refractivity contribution is 0.326. The van der Waals surface area contributed by atoms with Crippen LogP contribution in [0.2, 0.25) is 0 Å². The second kappa shape index (κ2) is 11.3. The molecule has 0 aliphatic rings. The highest BCUT2D eigenvalue weighted by atomic mass is 31.1. The second-order valence-electron chi connectivity index (χ2n) is 7.30. The van der Waals surface area contributed by atoms with Gasteiger partial charge in [-0.05, 0) is 17.5 Å². The second-order valence-corrected chi connectivity index (χ2v) is 11.1. The Balaban J connectivity index is 1.50. The van der Waals surface area contributed by atoms with Crippen LogP contribution in [0.5, 0.6) is 0 Å². The van der Waals surface area contributed by atoms with Crippen LogP contribution in [0.25, 0.3) is 0 Å². The van der Waals surface area contributed by atoms with Crippen molar-refractivity contribution in [3.05, 3.63) is 121 Å². The van der Waals surface area contributed by atoms with Gasteiger partial charge in [0, 0.05) is 24.7 Å². The van der Waals surface area contributed by atoms with Crippen molar-refractivity contribution in [2.75, 3.05) is 6.61 Å². The molecule has 0 aromatic heterocycles. The van der Waals surface area contributed by atoms with Gasteiger partial charge in [-0.15, -0.1) is 0 Å². The third-order valence-corrected chi connectivity index (χ3v) is 9.08. The number of benzene rings is 4. The highest BCUT2D eigenvalue weighted by molar-refractivity contribution is 7.71. The van der Waals surface area contributed by atoms with Crippen molar-refractivity contribution in [1.29, 1.82) is 0 Å². The maximum atomic E-state index is 6.56. The fraction of sp³-hybridized carbons (Fsp3) is 0.111. The molecule has 2 nitrogen and oxygen atoms in total. The van der Waals surface area contributed by atoms with Gasteiger partial charge >= 0.3 is 0 Å². The van der Waals surface area contributed by atoms with Crippen molar-refractivity contribution in [3.63, 3.8) is 0 Å². The van der Waals surface area contributed by atoms with Gasteiger partial charge in [-0.1, -0.05) is 121 Å². The molecule has 0 amide bonds. The van der Waals surface area contributed by atoms with Crippen molar-refractivity contribution in [2.45, 2.75) is 13.0 Å². The first-order valence-electron chi connectivity index (χ1n) is 10.5. The fourth-order valence-electron chi connectivity index (χ4n) is 3.32. The first-order chi connectivity index (χ1) is 15.3. The van der Waals surface area contributed by atoms with Gasteiger partial charge in [-0.3, -0.25) is 5.09 Å². The van der Waals surface area contributed by atoms with E-state index in [-0.39, 0.29) is 6.04 Å². The molecule has 4 rings (SSSR count). The third-order valence-electron chi connectivity index (χ3n) is 4.81. The minimum absolute atomic E-state index is 0.212. The summed E-state index contributed by atoms with van der Waals surface area (Å²) in [6, 6.07) is 42.7. The molecule has 31 heavy (non-hydrogen) atoms. The number of hydrogen-bond acceptors (Lipinski definition) is 2. The van der Waals surface area contributed by atoms with E-state index in [1.54, 1.807) is 0 Å². The molecule has 1 N–H and O–H groups in total. The number of rotatable bonds is 9. The Bertz CT molecular complexity index is 951. The summed E-state index contributed by atoms with van der Waals surface area (Å²) in [6.45, 7) is 2.86. The van der Waals surface area contributed by atoms with Crippen LogP contribution in [0.4, 0.5) is 0 Å². The molecule has 0 spiro atoms. The molecule has 4 aromatic carbocycles. The molecule has 0 saturated carbocycles. The van der Waals surface area contributed by atoms with Crippen LogP contribution in [0.1, 0.15) is 6.92 Å². The molecule has 1 unspecified atom stereocenters. The average Bonchev–Trinajstić information content (AvgIpc) is 2.85. The van der Waals surface area contributed by atoms with E-state index >= 15 is 0 Å². The summed E-state index contributed by atoms with van der Waals surface area (Å²) in [5.41, 5.74) is 0. The molecule has 0 heterocycles. The van der Waals surface area contributed by atoms with Crippen LogP contribution in [0, 0.1) is 0 Å². The van der Waals surface area contributed by atoms with Crippen molar-refractivity contribution in [1.82, 2.24) is 5.09 Å². The monoisotopic (exact) mass is 443 g/mol. The summed E-state index contributed by atoms with van der Waals surface area (Å²) in [5, 5.41) is 8.98. The highest BCUT2D eigenvalue weighted by Crippen LogP contribution is 2.36. The zero-order valence-corrected chi connectivity index (χ0v) is 19.4. The SMILES string of the molecule is CC(COP(c1ccccc1)c1ccccc1)NP(c1ccccc1)c1ccccc1. The third kappa shape index (κ3) is 6.10. The molecule has 0 fully saturated rings. The molecule has 156 valence electrons. The number of hydrogen-bond donors (Lipinski definition) is 1. The summed E-state index contributed by atoms with van der Waals surface area (Å²) < 4.78 is 6.56. The van der Waals surface area contributed by atoms with E-state index in [2.05, 4.69) is 133 Å². The van der Waals surface area contributed by atoms with Crippen molar-refractivity contribution >= 4 is 37.4 Å². The minimum atomic E-state index is -0.850. The first-order valence-corrected chi connectivity index (χ1v) is 13.1. The lowest BCUT2D eigenvalue weighted by Gasteiger charge is -2.26. The molecular formula is C27H27NOP2. The standard InChI is InChI=1S/C27H27NOP2/c1-23(28-30(24-14-6-2-7-15-24)25-16-8-3-9-17-25)22-29-31(26-18-10-4-11-19-26)27-20-12-5-13-21-27/h2-21,23,28H,22H2,1H3. The van der Waals surface area contributed by atoms with E-state index in [0.29, 0.717) is 6.61 Å². The van der Waals surface area contributed by atoms with E-state index < -0.39 is 16.2 Å². The minimum Gasteiger partial charge on any atom is -0.348 e. The maximum Gasteiger partial charge on any atom is 0.0918 e. The van der Waals surface area contributed by atoms with Crippen LogP contribution in [0.15, 0.2) is 121 Å². The lowest BCUT2D eigenvalue weighted by atomic mass is 10.4. The quantitative estimate of drug-likeness (QED) is 0.365. The van der Waals surface area contributed by atoms with Gasteiger partial charge in [0.25, 0.3) is 0 Å². The van der Waals surface area contributed by atoms with Crippen LogP contribution in [0.3, 0.4) is 0 Å². The summed E-state index contributed by atoms with van der Waals surface area (Å²) in [5.74, 6) is 0. The lowest BCUT2D eigenvalue weighted by Crippen LogP contribution is -2.33. The number of nitrogens with one attached hydrogen (secondary N) is 1. The first kappa shape index (κ1) is 21.9. The smallest absolute Gasteiger partial charge is 0.0918 e. The van der Waals surface area contributed by atoms with Crippen LogP contribution < -0.4 is 26.3 Å². The molecule has 0 radical (unpaired) electrons. The Morgan fingerprint density at radius 2 is 0.935 bits per heavy atom. The fourth-order valence-corrected chi connectivity index (χ4v) is 7.23. The van der Waals surface area contributed by atoms with Gasteiger partial charge in [0.1, 0.15) is 0 Å². The van der Waals surface area contributed by atoms with E-state index in [0.717, 1.165) is 0 Å². The maximum absolute atomic E-state index is 6.56. The largest absolute Gasteiger partial charge is 0.348 e. The van der Waals surface area contributed by atoms with Gasteiger partial charge in [0.05, 0.1) is 14.8 Å². The molecule has 1 atom stereocenters. The Morgan fingerprint density at radius 1 is 0.581 bits per heavy atom. The van der Waals surface area contributed by atoms with Crippen molar-refractivity contribution in [3.8, 4) is 0 Å². The molecule has 4 aromatic rings. The molecule has 0 bridgehead atoms. The van der Waals surface area contributed by atoms with E-state index in [1.807, 2.05) is 0 Å². The summed E-state index contributed by atoms with van der Waals surface area (Å²) in [7, 11) is -1.50. The highest BCUT2D eigenvalue weighted by Gasteiger charge is 2.19. The Kier molecular flexibility index (Phi) is 7.99. The Morgan fingerprint density at radius 3 is 1.32 bits per heavy atom. The van der Waals surface area contributed by atoms with Gasteiger partial charge < -0.3 is 4.52 Å². The predicted octanol–water partition coefficient (Wildman–Crippen LogP) is 5.08. The van der Waals surface area contributed by atoms with Gasteiger partial charge in [-0.25, -0.2) is 0 Å². The summed E-state index contributed by atoms with van der Waals surface area (Å²) in [6.07, 6.45) is 0. The molecular weight excluding hydrogens is 416 g/mol. The molecule has 4 heteroatoms. The van der Waals surface area contributed by atoms with E-state index in [1.165, 1.54) is 21.2 Å². The van der Waals surface area contributed by atoms with Gasteiger partial charge in [0.15, 0.2) is 0 Å². The van der Waals surface area contributed by atoms with Gasteiger partial charge in [-0.2, -0.15) is 0 Å². The Labute approximate surface area is 188 Å². The average molecular weight is 443 g/mol. The summed E-state index contributed by atoms with van der Waals surface area (Å²) in [4.78, 5) is 0. The molecule has 0 aliphatic carbocycles. The molecule has 0 saturated heterocycles. The van der Waals surface area contributed by atoms with Crippen LogP contribution in [-0.4, -0.2) is 12.6 Å². The topological polar surface area (TPSA) is 21.3 Å². The zero-order valence-electron chi connectivity index (χ0n) is 17.6. The van der Waals surface area contributed by atoms with E-state index in [4.69, 9.17) is 4.52 Å². The zero-order chi connectivity index (χ0) is 21.3. The van der Waals surface area contributed by atoms with Crippen LogP contribution in [-0.2, 0) is 4.52 Å². The van der Waals surface area contributed by atoms with Crippen molar-refractivity contribution in [2.24, 2.45) is 0 Å². The summed E-state index contributed by atoms with van der Waals surface area (Å²) >= 11 is 0. The van der Waals surface area contributed by atoms with Gasteiger partial charge in [0.2, 0.25) is 0 Å². The van der Waals surface area contributed by atoms with Crippen LogP contribution >= 0.6 is 16.2 Å². The van der Waals surface area contributed by atoms with Crippen molar-refractivity contribution < 1.29 is 4.52 Å². The Hall–Kier alpha value is -2.34. The normalized spacial score (nSPS) is 12.2. The van der Waals surface area contributed by atoms with E-state index in [9.17, 15) is 0 Å². The predicted molar refractivity (Wildman–Crippen MR) is 137 cm³/mol. The molecule has 0 aliphatic heterocycles.